The lowest BCUT2D eigenvalue weighted by molar-refractivity contribution is 0.316. The lowest BCUT2D eigenvalue weighted by atomic mass is 9.85. The van der Waals surface area contributed by atoms with Crippen molar-refractivity contribution >= 4 is 5.71 Å². The van der Waals surface area contributed by atoms with Crippen LogP contribution in [0.5, 0.6) is 0 Å². The molecule has 66 valence electrons. The van der Waals surface area contributed by atoms with Gasteiger partial charge in [0.1, 0.15) is 0 Å². The number of oxime groups is 1. The Hall–Kier alpha value is -1.05. The fourth-order valence-corrected chi connectivity index (χ4v) is 1.41. The summed E-state index contributed by atoms with van der Waals surface area (Å²) in [6.45, 7) is 7.90. The van der Waals surface area contributed by atoms with Crippen LogP contribution in [0.25, 0.3) is 0 Å². The molecule has 0 amide bonds. The van der Waals surface area contributed by atoms with Crippen molar-refractivity contribution < 1.29 is 5.21 Å². The maximum atomic E-state index is 8.68. The smallest absolute Gasteiger partial charge is 0.0827 e. The van der Waals surface area contributed by atoms with Gasteiger partial charge in [-0.2, -0.15) is 0 Å². The third kappa shape index (κ3) is 1.76. The third-order valence-corrected chi connectivity index (χ3v) is 2.42. The van der Waals surface area contributed by atoms with Gasteiger partial charge in [0, 0.05) is 6.42 Å². The fourth-order valence-electron chi connectivity index (χ4n) is 1.41. The molecule has 12 heavy (non-hydrogen) atoms. The zero-order chi connectivity index (χ0) is 9.14. The fraction of sp³-hybridized carbons (Fsp3) is 0.500. The quantitative estimate of drug-likeness (QED) is 0.361. The molecule has 0 radical (unpaired) electrons. The Kier molecular flexibility index (Phi) is 2.69. The Morgan fingerprint density at radius 2 is 2.42 bits per heavy atom. The molecule has 0 heterocycles. The Labute approximate surface area is 73.3 Å². The zero-order valence-electron chi connectivity index (χ0n) is 7.67. The Bertz CT molecular complexity index is 251. The van der Waals surface area contributed by atoms with Crippen LogP contribution in [-0.2, 0) is 0 Å². The molecule has 2 heteroatoms. The van der Waals surface area contributed by atoms with E-state index in [2.05, 4.69) is 17.8 Å². The van der Waals surface area contributed by atoms with Gasteiger partial charge in [-0.05, 0) is 31.8 Å². The van der Waals surface area contributed by atoms with E-state index >= 15 is 0 Å². The van der Waals surface area contributed by atoms with E-state index in [0.717, 1.165) is 24.1 Å². The summed E-state index contributed by atoms with van der Waals surface area (Å²) in [6.07, 6.45) is 3.96. The first-order valence-electron chi connectivity index (χ1n) is 4.18. The molecule has 0 saturated heterocycles. The minimum Gasteiger partial charge on any atom is -0.411 e. The van der Waals surface area contributed by atoms with Gasteiger partial charge in [-0.25, -0.2) is 0 Å². The predicted octanol–water partition coefficient (Wildman–Crippen LogP) is 2.75. The second-order valence-corrected chi connectivity index (χ2v) is 3.42. The first-order valence-corrected chi connectivity index (χ1v) is 4.18. The van der Waals surface area contributed by atoms with Crippen LogP contribution in [0.4, 0.5) is 0 Å². The minimum absolute atomic E-state index is 0.458. The van der Waals surface area contributed by atoms with Crippen LogP contribution in [0, 0.1) is 5.92 Å². The molecule has 1 atom stereocenters. The summed E-state index contributed by atoms with van der Waals surface area (Å²) in [5.41, 5.74) is 3.06. The van der Waals surface area contributed by atoms with E-state index < -0.39 is 0 Å². The van der Waals surface area contributed by atoms with Gasteiger partial charge in [0.05, 0.1) is 5.71 Å². The first-order chi connectivity index (χ1) is 5.65. The Morgan fingerprint density at radius 1 is 1.75 bits per heavy atom. The summed E-state index contributed by atoms with van der Waals surface area (Å²) in [7, 11) is 0. The van der Waals surface area contributed by atoms with Crippen molar-refractivity contribution in [2.45, 2.75) is 26.7 Å². The largest absolute Gasteiger partial charge is 0.411 e. The highest BCUT2D eigenvalue weighted by Gasteiger charge is 2.18. The number of hydrogen-bond donors (Lipinski definition) is 1. The second kappa shape index (κ2) is 3.57. The molecule has 0 saturated carbocycles. The minimum atomic E-state index is 0.458. The summed E-state index contributed by atoms with van der Waals surface area (Å²) in [5.74, 6) is 0.458. The molecule has 0 fully saturated rings. The van der Waals surface area contributed by atoms with Crippen LogP contribution in [0.1, 0.15) is 26.7 Å². The first kappa shape index (κ1) is 9.04. The van der Waals surface area contributed by atoms with Gasteiger partial charge in [-0.15, -0.1) is 0 Å². The SMILES string of the molecule is C=C(C)[C@H]1CC=C(C)/C(=N/O)C1. The van der Waals surface area contributed by atoms with E-state index in [-0.39, 0.29) is 0 Å². The van der Waals surface area contributed by atoms with Crippen molar-refractivity contribution in [2.75, 3.05) is 0 Å². The molecule has 1 aliphatic rings. The van der Waals surface area contributed by atoms with Gasteiger partial charge >= 0.3 is 0 Å². The standard InChI is InChI=1S/C10H15NO/c1-7(2)9-5-4-8(3)10(6-9)11-12/h4,9,12H,1,5-6H2,2-3H3/b11-10+/t9-/m0/s1. The average Bonchev–Trinajstić information content (AvgIpc) is 2.05. The Morgan fingerprint density at radius 3 is 2.92 bits per heavy atom. The number of rotatable bonds is 1. The van der Waals surface area contributed by atoms with E-state index in [9.17, 15) is 0 Å². The highest BCUT2D eigenvalue weighted by molar-refractivity contribution is 6.00. The monoisotopic (exact) mass is 165 g/mol. The topological polar surface area (TPSA) is 32.6 Å². The third-order valence-electron chi connectivity index (χ3n) is 2.42. The molecule has 0 aromatic rings. The van der Waals surface area contributed by atoms with E-state index in [1.165, 1.54) is 5.57 Å². The molecular formula is C10H15NO. The van der Waals surface area contributed by atoms with Crippen LogP contribution < -0.4 is 0 Å². The molecule has 1 aliphatic carbocycles. The van der Waals surface area contributed by atoms with Crippen molar-refractivity contribution in [3.8, 4) is 0 Å². The van der Waals surface area contributed by atoms with Gasteiger partial charge in [-0.3, -0.25) is 0 Å². The summed E-state index contributed by atoms with van der Waals surface area (Å²) in [4.78, 5) is 0. The molecule has 0 unspecified atom stereocenters. The van der Waals surface area contributed by atoms with Gasteiger partial charge < -0.3 is 5.21 Å². The van der Waals surface area contributed by atoms with Gasteiger partial charge in [0.25, 0.3) is 0 Å². The number of nitrogens with zero attached hydrogens (tertiary/aromatic N) is 1. The van der Waals surface area contributed by atoms with Gasteiger partial charge in [-0.1, -0.05) is 23.4 Å². The maximum Gasteiger partial charge on any atom is 0.0827 e. The molecule has 1 N–H and O–H groups in total. The number of allylic oxidation sites excluding steroid dienone is 3. The molecule has 0 aliphatic heterocycles. The van der Waals surface area contributed by atoms with Gasteiger partial charge in [0.15, 0.2) is 0 Å². The molecule has 0 spiro atoms. The molecule has 2 nitrogen and oxygen atoms in total. The van der Waals surface area contributed by atoms with Crippen molar-refractivity contribution in [1.82, 2.24) is 0 Å². The van der Waals surface area contributed by atoms with Crippen LogP contribution >= 0.6 is 0 Å². The van der Waals surface area contributed by atoms with E-state index in [0.29, 0.717) is 5.92 Å². The molecule has 0 aromatic carbocycles. The van der Waals surface area contributed by atoms with Crippen LogP contribution in [0.3, 0.4) is 0 Å². The summed E-state index contributed by atoms with van der Waals surface area (Å²) in [6, 6.07) is 0. The van der Waals surface area contributed by atoms with Gasteiger partial charge in [0.2, 0.25) is 0 Å². The Balaban J connectivity index is 2.78. The molecule has 1 rings (SSSR count). The predicted molar refractivity (Wildman–Crippen MR) is 50.5 cm³/mol. The lowest BCUT2D eigenvalue weighted by Gasteiger charge is -2.21. The van der Waals surface area contributed by atoms with Crippen LogP contribution in [0.15, 0.2) is 29.0 Å². The lowest BCUT2D eigenvalue weighted by Crippen LogP contribution is -2.15. The van der Waals surface area contributed by atoms with Crippen molar-refractivity contribution in [3.63, 3.8) is 0 Å². The zero-order valence-corrected chi connectivity index (χ0v) is 7.67. The van der Waals surface area contributed by atoms with Crippen LogP contribution in [0.2, 0.25) is 0 Å². The molecule has 0 bridgehead atoms. The second-order valence-electron chi connectivity index (χ2n) is 3.42. The molecule has 0 aromatic heterocycles. The van der Waals surface area contributed by atoms with E-state index in [4.69, 9.17) is 5.21 Å². The summed E-state index contributed by atoms with van der Waals surface area (Å²) < 4.78 is 0. The van der Waals surface area contributed by atoms with Crippen molar-refractivity contribution in [2.24, 2.45) is 11.1 Å². The molecular weight excluding hydrogens is 150 g/mol. The van der Waals surface area contributed by atoms with Crippen molar-refractivity contribution in [3.05, 3.63) is 23.8 Å². The number of hydrogen-bond acceptors (Lipinski definition) is 2. The highest BCUT2D eigenvalue weighted by atomic mass is 16.4. The summed E-state index contributed by atoms with van der Waals surface area (Å²) in [5, 5.41) is 11.9. The highest BCUT2D eigenvalue weighted by Crippen LogP contribution is 2.26. The van der Waals surface area contributed by atoms with Crippen molar-refractivity contribution in [1.29, 1.82) is 0 Å². The van der Waals surface area contributed by atoms with E-state index in [1.807, 2.05) is 13.8 Å². The van der Waals surface area contributed by atoms with E-state index in [1.54, 1.807) is 0 Å². The van der Waals surface area contributed by atoms with Crippen LogP contribution in [-0.4, -0.2) is 10.9 Å². The maximum absolute atomic E-state index is 8.68. The normalized spacial score (nSPS) is 27.0. The average molecular weight is 165 g/mol. The summed E-state index contributed by atoms with van der Waals surface area (Å²) >= 11 is 0.